The molecule has 0 amide bonds. The second-order valence-electron chi connectivity index (χ2n) is 5.51. The van der Waals surface area contributed by atoms with Gasteiger partial charge in [0.25, 0.3) is 0 Å². The Labute approximate surface area is 122 Å². The highest BCUT2D eigenvalue weighted by atomic mass is 35.5. The summed E-state index contributed by atoms with van der Waals surface area (Å²) in [5.74, 6) is -0.532. The molecule has 0 N–H and O–H groups in total. The van der Waals surface area contributed by atoms with E-state index in [9.17, 15) is 9.59 Å². The zero-order valence-electron chi connectivity index (χ0n) is 12.5. The number of ether oxygens (including phenoxy) is 1. The molecule has 0 radical (unpaired) electrons. The van der Waals surface area contributed by atoms with Crippen LogP contribution in [0.5, 0.6) is 0 Å². The topological polar surface area (TPSA) is 43.4 Å². The van der Waals surface area contributed by atoms with Crippen molar-refractivity contribution in [3.8, 4) is 0 Å². The van der Waals surface area contributed by atoms with Crippen molar-refractivity contribution in [1.29, 1.82) is 0 Å². The molecule has 0 aliphatic carbocycles. The van der Waals surface area contributed by atoms with Gasteiger partial charge in [0.2, 0.25) is 5.24 Å². The zero-order valence-corrected chi connectivity index (χ0v) is 13.2. The van der Waals surface area contributed by atoms with Crippen LogP contribution in [0.25, 0.3) is 0 Å². The fourth-order valence-electron chi connectivity index (χ4n) is 1.66. The van der Waals surface area contributed by atoms with Crippen LogP contribution in [0.15, 0.2) is 0 Å². The van der Waals surface area contributed by atoms with E-state index in [-0.39, 0.29) is 0 Å². The smallest absolute Gasteiger partial charge is 0.320 e. The van der Waals surface area contributed by atoms with E-state index < -0.39 is 16.6 Å². The van der Waals surface area contributed by atoms with Crippen LogP contribution in [0.3, 0.4) is 0 Å². The molecule has 0 aromatic rings. The molecule has 0 rings (SSSR count). The first-order chi connectivity index (χ1) is 8.92. The average molecular weight is 291 g/mol. The summed E-state index contributed by atoms with van der Waals surface area (Å²) in [6, 6.07) is 0. The predicted octanol–water partition coefficient (Wildman–Crippen LogP) is 4.46. The zero-order chi connectivity index (χ0) is 14.7. The molecule has 19 heavy (non-hydrogen) atoms. The number of rotatable bonds is 11. The van der Waals surface area contributed by atoms with Gasteiger partial charge in [0, 0.05) is 0 Å². The molecule has 4 heteroatoms. The standard InChI is InChI=1S/C15H27ClO3/c1-4-5-6-7-8-9-10-11-12-19-14(18)15(2,3)13(16)17/h4-12H2,1-3H3. The Balaban J connectivity index is 3.50. The Hall–Kier alpha value is -0.570. The number of esters is 1. The molecular weight excluding hydrogens is 264 g/mol. The number of carbonyl (C=O) groups is 2. The summed E-state index contributed by atoms with van der Waals surface area (Å²) in [6.07, 6.45) is 9.54. The van der Waals surface area contributed by atoms with Gasteiger partial charge in [-0.1, -0.05) is 51.9 Å². The Bertz CT molecular complexity index is 275. The maximum atomic E-state index is 11.6. The van der Waals surface area contributed by atoms with Gasteiger partial charge in [-0.15, -0.1) is 0 Å². The van der Waals surface area contributed by atoms with Gasteiger partial charge < -0.3 is 4.74 Å². The van der Waals surface area contributed by atoms with Crippen LogP contribution >= 0.6 is 11.6 Å². The van der Waals surface area contributed by atoms with Crippen molar-refractivity contribution in [2.75, 3.05) is 6.61 Å². The van der Waals surface area contributed by atoms with Gasteiger partial charge in [0.15, 0.2) is 0 Å². The highest BCUT2D eigenvalue weighted by Gasteiger charge is 2.36. The van der Waals surface area contributed by atoms with Crippen LogP contribution in [0.1, 0.15) is 72.1 Å². The van der Waals surface area contributed by atoms with Gasteiger partial charge in [-0.2, -0.15) is 0 Å². The third-order valence-electron chi connectivity index (χ3n) is 3.23. The molecule has 0 saturated carbocycles. The van der Waals surface area contributed by atoms with Gasteiger partial charge in [0.1, 0.15) is 5.41 Å². The molecule has 0 aromatic carbocycles. The van der Waals surface area contributed by atoms with Gasteiger partial charge >= 0.3 is 5.97 Å². The van der Waals surface area contributed by atoms with Gasteiger partial charge in [0.05, 0.1) is 6.61 Å². The van der Waals surface area contributed by atoms with Crippen LogP contribution < -0.4 is 0 Å². The van der Waals surface area contributed by atoms with E-state index >= 15 is 0 Å². The summed E-state index contributed by atoms with van der Waals surface area (Å²) in [5.41, 5.74) is -1.23. The number of hydrogen-bond acceptors (Lipinski definition) is 3. The quantitative estimate of drug-likeness (QED) is 0.244. The summed E-state index contributed by atoms with van der Waals surface area (Å²) in [5, 5.41) is -0.673. The normalized spacial score (nSPS) is 11.4. The number of unbranched alkanes of at least 4 members (excludes halogenated alkanes) is 7. The second-order valence-corrected chi connectivity index (χ2v) is 5.85. The lowest BCUT2D eigenvalue weighted by atomic mass is 9.96. The molecular formula is C15H27ClO3. The lowest BCUT2D eigenvalue weighted by molar-refractivity contribution is -0.156. The minimum Gasteiger partial charge on any atom is -0.465 e. The highest BCUT2D eigenvalue weighted by molar-refractivity contribution is 6.66. The fraction of sp³-hybridized carbons (Fsp3) is 0.867. The van der Waals surface area contributed by atoms with Crippen molar-refractivity contribution in [3.63, 3.8) is 0 Å². The van der Waals surface area contributed by atoms with Crippen LogP contribution in [0.4, 0.5) is 0 Å². The molecule has 0 aromatic heterocycles. The number of hydrogen-bond donors (Lipinski definition) is 0. The van der Waals surface area contributed by atoms with Crippen molar-refractivity contribution < 1.29 is 14.3 Å². The second kappa shape index (κ2) is 10.2. The Morgan fingerprint density at radius 3 is 1.89 bits per heavy atom. The molecule has 0 heterocycles. The number of carbonyl (C=O) groups excluding carboxylic acids is 2. The summed E-state index contributed by atoms with van der Waals surface area (Å²) in [7, 11) is 0. The lowest BCUT2D eigenvalue weighted by Crippen LogP contribution is -2.32. The van der Waals surface area contributed by atoms with Crippen molar-refractivity contribution in [2.24, 2.45) is 5.41 Å². The molecule has 0 fully saturated rings. The lowest BCUT2D eigenvalue weighted by Gasteiger charge is -2.17. The molecule has 0 aliphatic heterocycles. The van der Waals surface area contributed by atoms with Crippen molar-refractivity contribution in [2.45, 2.75) is 72.1 Å². The van der Waals surface area contributed by atoms with Gasteiger partial charge in [-0.05, 0) is 31.9 Å². The average Bonchev–Trinajstić information content (AvgIpc) is 2.36. The summed E-state index contributed by atoms with van der Waals surface area (Å²) >= 11 is 5.35. The third kappa shape index (κ3) is 8.25. The van der Waals surface area contributed by atoms with Crippen LogP contribution in [0, 0.1) is 5.41 Å². The van der Waals surface area contributed by atoms with E-state index in [4.69, 9.17) is 16.3 Å². The molecule has 0 spiro atoms. The van der Waals surface area contributed by atoms with Crippen molar-refractivity contribution >= 4 is 22.8 Å². The Morgan fingerprint density at radius 2 is 1.42 bits per heavy atom. The van der Waals surface area contributed by atoms with Crippen LogP contribution in [-0.2, 0) is 14.3 Å². The molecule has 0 aliphatic rings. The molecule has 3 nitrogen and oxygen atoms in total. The van der Waals surface area contributed by atoms with E-state index in [0.717, 1.165) is 12.8 Å². The maximum absolute atomic E-state index is 11.6. The summed E-state index contributed by atoms with van der Waals surface area (Å²) in [6.45, 7) is 5.56. The van der Waals surface area contributed by atoms with E-state index in [1.165, 1.54) is 52.4 Å². The van der Waals surface area contributed by atoms with Gasteiger partial charge in [-0.3, -0.25) is 9.59 Å². The van der Waals surface area contributed by atoms with E-state index in [1.807, 2.05) is 0 Å². The first kappa shape index (κ1) is 18.4. The molecule has 0 saturated heterocycles. The van der Waals surface area contributed by atoms with E-state index in [2.05, 4.69) is 6.92 Å². The van der Waals surface area contributed by atoms with Crippen LogP contribution in [0.2, 0.25) is 0 Å². The molecule has 0 atom stereocenters. The minimum atomic E-state index is -1.23. The largest absolute Gasteiger partial charge is 0.465 e. The van der Waals surface area contributed by atoms with Gasteiger partial charge in [-0.25, -0.2) is 0 Å². The van der Waals surface area contributed by atoms with Crippen molar-refractivity contribution in [1.82, 2.24) is 0 Å². The first-order valence-electron chi connectivity index (χ1n) is 7.30. The highest BCUT2D eigenvalue weighted by Crippen LogP contribution is 2.21. The van der Waals surface area contributed by atoms with E-state index in [1.54, 1.807) is 0 Å². The van der Waals surface area contributed by atoms with E-state index in [0.29, 0.717) is 6.61 Å². The Morgan fingerprint density at radius 1 is 0.947 bits per heavy atom. The number of halogens is 1. The molecule has 0 unspecified atom stereocenters. The fourth-order valence-corrected chi connectivity index (χ4v) is 1.74. The summed E-state index contributed by atoms with van der Waals surface area (Å²) < 4.78 is 5.07. The van der Waals surface area contributed by atoms with Crippen molar-refractivity contribution in [3.05, 3.63) is 0 Å². The Kier molecular flexibility index (Phi) is 9.94. The third-order valence-corrected chi connectivity index (χ3v) is 3.71. The summed E-state index contributed by atoms with van der Waals surface area (Å²) in [4.78, 5) is 22.6. The SMILES string of the molecule is CCCCCCCCCCOC(=O)C(C)(C)C(=O)Cl. The minimum absolute atomic E-state index is 0.376. The maximum Gasteiger partial charge on any atom is 0.320 e. The monoisotopic (exact) mass is 290 g/mol. The predicted molar refractivity (Wildman–Crippen MR) is 78.2 cm³/mol. The first-order valence-corrected chi connectivity index (χ1v) is 7.68. The van der Waals surface area contributed by atoms with Crippen LogP contribution in [-0.4, -0.2) is 17.8 Å². The molecule has 0 bridgehead atoms. The molecule has 112 valence electrons.